The number of nitrogen functional groups attached to an aromatic ring is 1. The largest absolute Gasteiger partial charge is 0.484 e. The molecular formula is C19H23ClN2O2. The van der Waals surface area contributed by atoms with E-state index in [-0.39, 0.29) is 24.9 Å². The summed E-state index contributed by atoms with van der Waals surface area (Å²) in [6.45, 7) is 4.84. The van der Waals surface area contributed by atoms with Crippen molar-refractivity contribution in [2.75, 3.05) is 23.8 Å². The maximum atomic E-state index is 12.6. The molecule has 0 saturated heterocycles. The Morgan fingerprint density at radius 1 is 1.21 bits per heavy atom. The molecule has 1 aliphatic rings. The van der Waals surface area contributed by atoms with Gasteiger partial charge in [-0.1, -0.05) is 12.1 Å². The van der Waals surface area contributed by atoms with Crippen LogP contribution in [0.15, 0.2) is 36.4 Å². The molecule has 24 heavy (non-hydrogen) atoms. The number of hydrogen-bond acceptors (Lipinski definition) is 3. The Kier molecular flexibility index (Phi) is 5.73. The minimum absolute atomic E-state index is 0. The van der Waals surface area contributed by atoms with Gasteiger partial charge in [0.1, 0.15) is 5.75 Å². The monoisotopic (exact) mass is 346 g/mol. The van der Waals surface area contributed by atoms with Crippen LogP contribution in [0.1, 0.15) is 23.1 Å². The van der Waals surface area contributed by atoms with E-state index in [9.17, 15) is 4.79 Å². The van der Waals surface area contributed by atoms with Crippen molar-refractivity contribution in [1.82, 2.24) is 0 Å². The lowest BCUT2D eigenvalue weighted by Crippen LogP contribution is -2.38. The van der Waals surface area contributed by atoms with Crippen molar-refractivity contribution in [3.63, 3.8) is 0 Å². The summed E-state index contributed by atoms with van der Waals surface area (Å²) in [5.74, 6) is 0.695. The number of anilines is 2. The van der Waals surface area contributed by atoms with Crippen LogP contribution in [0.5, 0.6) is 5.75 Å². The smallest absolute Gasteiger partial charge is 0.264 e. The van der Waals surface area contributed by atoms with E-state index in [4.69, 9.17) is 10.5 Å². The predicted octanol–water partition coefficient (Wildman–Crippen LogP) is 3.67. The van der Waals surface area contributed by atoms with Crippen LogP contribution in [0.25, 0.3) is 0 Å². The molecule has 0 radical (unpaired) electrons. The molecule has 1 heterocycles. The minimum Gasteiger partial charge on any atom is -0.484 e. The quantitative estimate of drug-likeness (QED) is 0.863. The third-order valence-corrected chi connectivity index (χ3v) is 4.43. The molecule has 4 nitrogen and oxygen atoms in total. The molecule has 0 spiro atoms. The second kappa shape index (κ2) is 7.58. The molecule has 0 aliphatic carbocycles. The summed E-state index contributed by atoms with van der Waals surface area (Å²) in [5.41, 5.74) is 11.1. The van der Waals surface area contributed by atoms with Crippen LogP contribution in [0.3, 0.4) is 0 Å². The molecule has 1 amide bonds. The maximum Gasteiger partial charge on any atom is 0.264 e. The van der Waals surface area contributed by atoms with Gasteiger partial charge in [-0.15, -0.1) is 12.4 Å². The van der Waals surface area contributed by atoms with Gasteiger partial charge >= 0.3 is 0 Å². The van der Waals surface area contributed by atoms with E-state index in [1.54, 1.807) is 4.90 Å². The number of carbonyl (C=O) groups excluding carboxylic acids is 1. The third-order valence-electron chi connectivity index (χ3n) is 4.43. The normalized spacial score (nSPS) is 13.0. The predicted molar refractivity (Wildman–Crippen MR) is 100 cm³/mol. The fourth-order valence-electron chi connectivity index (χ4n) is 2.94. The lowest BCUT2D eigenvalue weighted by atomic mass is 10.00. The fourth-order valence-corrected chi connectivity index (χ4v) is 2.94. The van der Waals surface area contributed by atoms with Crippen molar-refractivity contribution < 1.29 is 9.53 Å². The van der Waals surface area contributed by atoms with E-state index in [1.165, 1.54) is 5.56 Å². The molecule has 0 bridgehead atoms. The number of nitrogens with two attached hydrogens (primary N) is 1. The molecule has 2 N–H and O–H groups in total. The van der Waals surface area contributed by atoms with Crippen molar-refractivity contribution in [3.8, 4) is 5.75 Å². The van der Waals surface area contributed by atoms with Crippen LogP contribution in [-0.2, 0) is 11.2 Å². The first kappa shape index (κ1) is 18.1. The van der Waals surface area contributed by atoms with Crippen LogP contribution < -0.4 is 15.4 Å². The van der Waals surface area contributed by atoms with Gasteiger partial charge in [0.15, 0.2) is 6.61 Å². The molecule has 0 aromatic heterocycles. The Labute approximate surface area is 149 Å². The summed E-state index contributed by atoms with van der Waals surface area (Å²) in [5, 5.41) is 0. The Bertz CT molecular complexity index is 746. The molecule has 5 heteroatoms. The highest BCUT2D eigenvalue weighted by atomic mass is 35.5. The molecule has 128 valence electrons. The first-order valence-electron chi connectivity index (χ1n) is 7.94. The van der Waals surface area contributed by atoms with Crippen LogP contribution in [-0.4, -0.2) is 19.1 Å². The third kappa shape index (κ3) is 3.65. The van der Waals surface area contributed by atoms with Crippen molar-refractivity contribution in [2.45, 2.75) is 26.7 Å². The first-order chi connectivity index (χ1) is 11.1. The van der Waals surface area contributed by atoms with E-state index in [0.717, 1.165) is 41.1 Å². The van der Waals surface area contributed by atoms with E-state index < -0.39 is 0 Å². The number of halogens is 1. The highest BCUT2D eigenvalue weighted by molar-refractivity contribution is 5.96. The number of amides is 1. The number of aryl methyl sites for hydroxylation is 2. The van der Waals surface area contributed by atoms with Gasteiger partial charge in [0.2, 0.25) is 0 Å². The minimum atomic E-state index is -0.0326. The molecule has 0 atom stereocenters. The molecule has 0 unspecified atom stereocenters. The summed E-state index contributed by atoms with van der Waals surface area (Å²) < 4.78 is 5.68. The van der Waals surface area contributed by atoms with E-state index in [1.807, 2.05) is 43.3 Å². The molecule has 2 aromatic carbocycles. The summed E-state index contributed by atoms with van der Waals surface area (Å²) >= 11 is 0. The first-order valence-corrected chi connectivity index (χ1v) is 7.94. The Morgan fingerprint density at radius 3 is 2.75 bits per heavy atom. The zero-order chi connectivity index (χ0) is 16.4. The summed E-state index contributed by atoms with van der Waals surface area (Å²) in [7, 11) is 0. The van der Waals surface area contributed by atoms with Crippen molar-refractivity contribution >= 4 is 29.7 Å². The van der Waals surface area contributed by atoms with Crippen LogP contribution in [0.2, 0.25) is 0 Å². The van der Waals surface area contributed by atoms with Crippen molar-refractivity contribution in [1.29, 1.82) is 0 Å². The Morgan fingerprint density at radius 2 is 2.00 bits per heavy atom. The maximum absolute atomic E-state index is 12.6. The summed E-state index contributed by atoms with van der Waals surface area (Å²) in [6, 6.07) is 11.6. The SMILES string of the molecule is Cc1ccc(OCC(=O)N2CCCc3c(N)cccc32)cc1C.Cl. The Hall–Kier alpha value is -2.20. The number of fused-ring (bicyclic) bond motifs is 1. The molecule has 1 aliphatic heterocycles. The van der Waals surface area contributed by atoms with Crippen LogP contribution >= 0.6 is 12.4 Å². The highest BCUT2D eigenvalue weighted by Gasteiger charge is 2.23. The number of hydrogen-bond donors (Lipinski definition) is 1. The lowest BCUT2D eigenvalue weighted by Gasteiger charge is -2.30. The van der Waals surface area contributed by atoms with E-state index >= 15 is 0 Å². The molecular weight excluding hydrogens is 324 g/mol. The van der Waals surface area contributed by atoms with Crippen LogP contribution in [0, 0.1) is 13.8 Å². The van der Waals surface area contributed by atoms with E-state index in [2.05, 4.69) is 6.92 Å². The fraction of sp³-hybridized carbons (Fsp3) is 0.316. The summed E-state index contributed by atoms with van der Waals surface area (Å²) in [6.07, 6.45) is 1.85. The van der Waals surface area contributed by atoms with Crippen molar-refractivity contribution in [3.05, 3.63) is 53.1 Å². The number of benzene rings is 2. The molecule has 0 saturated carbocycles. The number of ether oxygens (including phenoxy) is 1. The van der Waals surface area contributed by atoms with E-state index in [0.29, 0.717) is 6.54 Å². The van der Waals surface area contributed by atoms with Gasteiger partial charge in [0.25, 0.3) is 5.91 Å². The van der Waals surface area contributed by atoms with Gasteiger partial charge in [-0.05, 0) is 67.6 Å². The standard InChI is InChI=1S/C19H22N2O2.ClH/c1-13-8-9-15(11-14(13)2)23-12-19(22)21-10-4-5-16-17(20)6-3-7-18(16)21;/h3,6-9,11H,4-5,10,12,20H2,1-2H3;1H. The van der Waals surface area contributed by atoms with Gasteiger partial charge in [0, 0.05) is 17.9 Å². The lowest BCUT2D eigenvalue weighted by molar-refractivity contribution is -0.120. The van der Waals surface area contributed by atoms with Gasteiger partial charge in [-0.25, -0.2) is 0 Å². The second-order valence-electron chi connectivity index (χ2n) is 6.03. The van der Waals surface area contributed by atoms with Gasteiger partial charge in [-0.3, -0.25) is 4.79 Å². The van der Waals surface area contributed by atoms with Gasteiger partial charge in [-0.2, -0.15) is 0 Å². The number of carbonyl (C=O) groups is 1. The highest BCUT2D eigenvalue weighted by Crippen LogP contribution is 2.31. The average Bonchev–Trinajstić information content (AvgIpc) is 2.55. The molecule has 2 aromatic rings. The topological polar surface area (TPSA) is 55.6 Å². The Balaban J connectivity index is 0.00000208. The van der Waals surface area contributed by atoms with Crippen LogP contribution in [0.4, 0.5) is 11.4 Å². The summed E-state index contributed by atoms with van der Waals surface area (Å²) in [4.78, 5) is 14.3. The van der Waals surface area contributed by atoms with Gasteiger partial charge in [0.05, 0.1) is 0 Å². The van der Waals surface area contributed by atoms with Crippen molar-refractivity contribution in [2.24, 2.45) is 0 Å². The number of nitrogens with zero attached hydrogens (tertiary/aromatic N) is 1. The zero-order valence-electron chi connectivity index (χ0n) is 14.0. The molecule has 0 fully saturated rings. The second-order valence-corrected chi connectivity index (χ2v) is 6.03. The number of rotatable bonds is 3. The molecule has 3 rings (SSSR count). The van der Waals surface area contributed by atoms with Gasteiger partial charge < -0.3 is 15.4 Å². The zero-order valence-corrected chi connectivity index (χ0v) is 14.9. The average molecular weight is 347 g/mol.